The number of nitrogens with zero attached hydrogens (tertiary/aromatic N) is 6. The second-order valence-corrected chi connectivity index (χ2v) is 18.9. The Morgan fingerprint density at radius 1 is 0.261 bits per heavy atom. The maximum atomic E-state index is 2.47. The Balaban J connectivity index is 1.26. The highest BCUT2D eigenvalue weighted by Crippen LogP contribution is 2.42. The van der Waals surface area contributed by atoms with Gasteiger partial charge in [0.1, 0.15) is 34.1 Å². The van der Waals surface area contributed by atoms with Gasteiger partial charge in [0.15, 0.2) is 33.1 Å². The van der Waals surface area contributed by atoms with Crippen molar-refractivity contribution in [2.45, 2.75) is 41.5 Å². The van der Waals surface area contributed by atoms with Crippen LogP contribution < -0.4 is 13.7 Å². The van der Waals surface area contributed by atoms with E-state index in [9.17, 15) is 0 Å². The van der Waals surface area contributed by atoms with Crippen molar-refractivity contribution in [1.29, 1.82) is 0 Å². The van der Waals surface area contributed by atoms with Gasteiger partial charge in [-0.3, -0.25) is 0 Å². The Kier molecular flexibility index (Phi) is 9.12. The summed E-state index contributed by atoms with van der Waals surface area (Å²) in [6.45, 7) is 13.3. The number of aryl methyl sites for hydroxylation is 6. The SMILES string of the molecule is Cc1ccccc1-n1c[n+](-c2ccccc2C)c2cc3c(cc21)c1cc2c(cc1c1cc4c(cc31)n(-c1ccccc1C)c[n+]4-c1ccccc1C)n(-c1ccccc1C)c[n+]2-c1ccccc1C. The number of rotatable bonds is 6. The fourth-order valence-electron chi connectivity index (χ4n) is 11.1. The maximum Gasteiger partial charge on any atom is 0.255 e. The first kappa shape index (κ1) is 40.6. The summed E-state index contributed by atoms with van der Waals surface area (Å²) in [4.78, 5) is 0. The van der Waals surface area contributed by atoms with E-state index in [4.69, 9.17) is 0 Å². The molecule has 3 heterocycles. The van der Waals surface area contributed by atoms with Gasteiger partial charge in [-0.2, -0.15) is 27.4 Å². The van der Waals surface area contributed by atoms with E-state index in [0.29, 0.717) is 0 Å². The van der Waals surface area contributed by atoms with Crippen molar-refractivity contribution in [1.82, 2.24) is 13.7 Å². The predicted octanol–water partition coefficient (Wildman–Crippen LogP) is 13.7. The van der Waals surface area contributed by atoms with Crippen molar-refractivity contribution in [2.24, 2.45) is 0 Å². The summed E-state index contributed by atoms with van der Waals surface area (Å²) in [7, 11) is 0. The summed E-state index contributed by atoms with van der Waals surface area (Å²) in [6, 6.07) is 67.1. The molecule has 69 heavy (non-hydrogen) atoms. The molecule has 0 N–H and O–H groups in total. The van der Waals surface area contributed by atoms with Gasteiger partial charge in [-0.1, -0.05) is 109 Å². The highest BCUT2D eigenvalue weighted by Gasteiger charge is 2.29. The Bertz CT molecular complexity index is 3540. The highest BCUT2D eigenvalue weighted by molar-refractivity contribution is 6.29. The molecule has 0 bridgehead atoms. The molecular formula is C63H51N6+3. The first-order valence-corrected chi connectivity index (χ1v) is 23.9. The predicted molar refractivity (Wildman–Crippen MR) is 282 cm³/mol. The Morgan fingerprint density at radius 2 is 0.493 bits per heavy atom. The van der Waals surface area contributed by atoms with Crippen LogP contribution in [0.2, 0.25) is 0 Å². The average Bonchev–Trinajstić information content (AvgIpc) is 4.04. The van der Waals surface area contributed by atoms with Gasteiger partial charge in [0.25, 0.3) is 19.0 Å². The number of hydrogen-bond acceptors (Lipinski definition) is 0. The van der Waals surface area contributed by atoms with E-state index < -0.39 is 0 Å². The molecule has 0 aliphatic rings. The summed E-state index contributed by atoms with van der Waals surface area (Å²) in [6.07, 6.45) is 6.87. The van der Waals surface area contributed by atoms with Crippen LogP contribution in [-0.4, -0.2) is 13.7 Å². The third-order valence-electron chi connectivity index (χ3n) is 14.7. The zero-order chi connectivity index (χ0) is 46.7. The molecule has 0 saturated heterocycles. The Labute approximate surface area is 401 Å². The van der Waals surface area contributed by atoms with Crippen LogP contribution in [0.15, 0.2) is 201 Å². The standard InChI is InChI=1S/C63H51N6/c1-40-19-7-13-25-52(40)64-37-65(53-26-14-8-20-41(53)2)59-32-47-46(31-58(59)64)48-33-60-62(68(56-29-17-11-23-44(56)5)38-66(60)54-27-15-9-21-42(54)3)35-50(48)51-36-63-61(34-49(47)51)67(55-28-16-10-22-43(55)4)39-69(63)57-30-18-12-24-45(57)6/h7-39H,1-6H3/q+3. The summed E-state index contributed by atoms with van der Waals surface area (Å²) >= 11 is 0. The largest absolute Gasteiger partial charge is 0.255 e. The number of hydrogen-bond donors (Lipinski definition) is 0. The molecule has 0 aliphatic carbocycles. The molecule has 330 valence electrons. The lowest BCUT2D eigenvalue weighted by Crippen LogP contribution is -2.30. The molecule has 0 amide bonds. The summed E-state index contributed by atoms with van der Waals surface area (Å²) in [5, 5.41) is 7.23. The minimum atomic E-state index is 1.15. The third-order valence-corrected chi connectivity index (χ3v) is 14.7. The molecule has 6 heteroatoms. The van der Waals surface area contributed by atoms with Crippen LogP contribution >= 0.6 is 0 Å². The number of benzene rings is 10. The Morgan fingerprint density at radius 3 is 0.754 bits per heavy atom. The molecule has 6 nitrogen and oxygen atoms in total. The average molecular weight is 892 g/mol. The fraction of sp³-hybridized carbons (Fsp3) is 0.0952. The van der Waals surface area contributed by atoms with Crippen molar-refractivity contribution < 1.29 is 13.7 Å². The van der Waals surface area contributed by atoms with Gasteiger partial charge in [-0.15, -0.1) is 0 Å². The van der Waals surface area contributed by atoms with E-state index in [1.54, 1.807) is 0 Å². The molecule has 0 atom stereocenters. The number of fused-ring (bicyclic) bond motifs is 9. The van der Waals surface area contributed by atoms with E-state index >= 15 is 0 Å². The first-order chi connectivity index (χ1) is 33.7. The minimum absolute atomic E-state index is 1.15. The lowest BCUT2D eigenvalue weighted by atomic mass is 9.92. The van der Waals surface area contributed by atoms with Crippen molar-refractivity contribution in [3.8, 4) is 34.1 Å². The second-order valence-electron chi connectivity index (χ2n) is 18.9. The van der Waals surface area contributed by atoms with Crippen molar-refractivity contribution in [3.63, 3.8) is 0 Å². The van der Waals surface area contributed by atoms with Gasteiger partial charge >= 0.3 is 0 Å². The number of para-hydroxylation sites is 6. The molecule has 10 aromatic carbocycles. The van der Waals surface area contributed by atoms with Gasteiger partial charge in [0.05, 0.1) is 0 Å². The van der Waals surface area contributed by atoms with E-state index in [1.807, 2.05) is 0 Å². The molecule has 0 radical (unpaired) electrons. The highest BCUT2D eigenvalue weighted by atomic mass is 15.2. The van der Waals surface area contributed by atoms with Crippen LogP contribution in [0.3, 0.4) is 0 Å². The molecule has 13 aromatic rings. The molecule has 0 spiro atoms. The zero-order valence-electron chi connectivity index (χ0n) is 39.7. The van der Waals surface area contributed by atoms with E-state index in [-0.39, 0.29) is 0 Å². The molecule has 3 aromatic heterocycles. The summed E-state index contributed by atoms with van der Waals surface area (Å²) < 4.78 is 14.4. The van der Waals surface area contributed by atoms with E-state index in [0.717, 1.165) is 67.2 Å². The molecule has 0 unspecified atom stereocenters. The van der Waals surface area contributed by atoms with Crippen LogP contribution in [0.5, 0.6) is 0 Å². The number of aromatic nitrogens is 6. The topological polar surface area (TPSA) is 26.4 Å². The summed E-state index contributed by atoms with van der Waals surface area (Å²) in [5.41, 5.74) is 21.1. The first-order valence-electron chi connectivity index (χ1n) is 23.9. The van der Waals surface area contributed by atoms with Crippen LogP contribution in [0.1, 0.15) is 33.4 Å². The van der Waals surface area contributed by atoms with Crippen LogP contribution in [0, 0.1) is 41.5 Å². The Hall–Kier alpha value is -8.61. The maximum absolute atomic E-state index is 2.47. The fourth-order valence-corrected chi connectivity index (χ4v) is 11.1. The van der Waals surface area contributed by atoms with Gasteiger partial charge in [0, 0.05) is 0 Å². The summed E-state index contributed by atoms with van der Waals surface area (Å²) in [5.74, 6) is 0. The van der Waals surface area contributed by atoms with E-state index in [2.05, 4.69) is 270 Å². The monoisotopic (exact) mass is 891 g/mol. The van der Waals surface area contributed by atoms with Gasteiger partial charge < -0.3 is 0 Å². The molecule has 0 fully saturated rings. The van der Waals surface area contributed by atoms with Crippen LogP contribution in [-0.2, 0) is 0 Å². The van der Waals surface area contributed by atoms with Crippen molar-refractivity contribution >= 4 is 65.4 Å². The normalized spacial score (nSPS) is 11.9. The molecule has 13 rings (SSSR count). The van der Waals surface area contributed by atoms with Gasteiger partial charge in [-0.25, -0.2) is 0 Å². The number of imidazole rings is 3. The van der Waals surface area contributed by atoms with Gasteiger partial charge in [0.2, 0.25) is 0 Å². The van der Waals surface area contributed by atoms with Crippen LogP contribution in [0.4, 0.5) is 0 Å². The van der Waals surface area contributed by atoms with E-state index in [1.165, 1.54) is 65.7 Å². The van der Waals surface area contributed by atoms with Gasteiger partial charge in [-0.05, 0) is 180 Å². The lowest BCUT2D eigenvalue weighted by molar-refractivity contribution is -0.568. The molecule has 0 saturated carbocycles. The van der Waals surface area contributed by atoms with Crippen LogP contribution in [0.25, 0.3) is 99.5 Å². The zero-order valence-corrected chi connectivity index (χ0v) is 39.7. The minimum Gasteiger partial charge on any atom is -0.194 e. The lowest BCUT2D eigenvalue weighted by Gasteiger charge is -2.12. The van der Waals surface area contributed by atoms with Crippen molar-refractivity contribution in [3.05, 3.63) is 234 Å². The quantitative estimate of drug-likeness (QED) is 0.117. The molecular weight excluding hydrogens is 841 g/mol. The smallest absolute Gasteiger partial charge is 0.194 e. The molecule has 0 aliphatic heterocycles. The van der Waals surface area contributed by atoms with Crippen molar-refractivity contribution in [2.75, 3.05) is 0 Å². The second kappa shape index (κ2) is 15.5. The third kappa shape index (κ3) is 6.22.